The molecule has 0 bridgehead atoms. The van der Waals surface area contributed by atoms with Gasteiger partial charge in [-0.25, -0.2) is 8.42 Å². The van der Waals surface area contributed by atoms with Gasteiger partial charge in [-0.2, -0.15) is 0 Å². The summed E-state index contributed by atoms with van der Waals surface area (Å²) in [5.41, 5.74) is 0.879. The lowest BCUT2D eigenvalue weighted by molar-refractivity contribution is -0.114. The predicted molar refractivity (Wildman–Crippen MR) is 149 cm³/mol. The molecule has 2 amide bonds. The molecule has 0 saturated heterocycles. The lowest BCUT2D eigenvalue weighted by Gasteiger charge is -2.24. The third kappa shape index (κ3) is 7.33. The molecule has 10 heteroatoms. The molecule has 196 valence electrons. The number of anilines is 2. The molecule has 0 heterocycles. The maximum absolute atomic E-state index is 13.6. The second-order valence-corrected chi connectivity index (χ2v) is 11.0. The van der Waals surface area contributed by atoms with Gasteiger partial charge < -0.3 is 15.4 Å². The number of rotatable bonds is 11. The Morgan fingerprint density at radius 2 is 1.62 bits per heavy atom. The summed E-state index contributed by atoms with van der Waals surface area (Å²) in [4.78, 5) is 25.9. The first-order chi connectivity index (χ1) is 17.6. The van der Waals surface area contributed by atoms with Crippen molar-refractivity contribution in [3.05, 3.63) is 82.8 Å². The van der Waals surface area contributed by atoms with E-state index in [0.717, 1.165) is 15.2 Å². The molecule has 0 saturated carbocycles. The molecule has 2 N–H and O–H groups in total. The molecular formula is C27H30BrN3O5S. The Kier molecular flexibility index (Phi) is 9.71. The van der Waals surface area contributed by atoms with Crippen LogP contribution < -0.4 is 19.7 Å². The van der Waals surface area contributed by atoms with Crippen LogP contribution in [0.1, 0.15) is 37.6 Å². The van der Waals surface area contributed by atoms with Crippen LogP contribution in [-0.2, 0) is 14.8 Å². The SMILES string of the molecule is CCOc1ccc(N(CC(=O)Nc2ccccc2C(=O)N[C@@H](C)CC)S(=O)(=O)c2ccc(Br)cc2)cc1. The molecule has 0 unspecified atom stereocenters. The van der Waals surface area contributed by atoms with Crippen LogP contribution in [0.2, 0.25) is 0 Å². The van der Waals surface area contributed by atoms with E-state index in [1.54, 1.807) is 60.7 Å². The number of nitrogens with zero attached hydrogens (tertiary/aromatic N) is 1. The fourth-order valence-electron chi connectivity index (χ4n) is 3.44. The second kappa shape index (κ2) is 12.7. The Morgan fingerprint density at radius 1 is 0.973 bits per heavy atom. The summed E-state index contributed by atoms with van der Waals surface area (Å²) >= 11 is 3.31. The summed E-state index contributed by atoms with van der Waals surface area (Å²) in [6.45, 7) is 5.66. The van der Waals surface area contributed by atoms with Crippen LogP contribution >= 0.6 is 15.9 Å². The molecule has 0 fully saturated rings. The minimum absolute atomic E-state index is 0.0331. The number of para-hydroxylation sites is 1. The van der Waals surface area contributed by atoms with Gasteiger partial charge in [-0.3, -0.25) is 13.9 Å². The van der Waals surface area contributed by atoms with Gasteiger partial charge >= 0.3 is 0 Å². The molecule has 0 aromatic heterocycles. The Hall–Kier alpha value is -3.37. The van der Waals surface area contributed by atoms with Gasteiger partial charge in [0.1, 0.15) is 12.3 Å². The Labute approximate surface area is 226 Å². The lowest BCUT2D eigenvalue weighted by Crippen LogP contribution is -2.38. The van der Waals surface area contributed by atoms with Gasteiger partial charge in [0.15, 0.2) is 0 Å². The topological polar surface area (TPSA) is 105 Å². The van der Waals surface area contributed by atoms with E-state index in [0.29, 0.717) is 29.3 Å². The number of amides is 2. The molecule has 0 radical (unpaired) electrons. The molecule has 0 aliphatic carbocycles. The Bertz CT molecular complexity index is 1330. The fourth-order valence-corrected chi connectivity index (χ4v) is 5.12. The van der Waals surface area contributed by atoms with Gasteiger partial charge in [0.2, 0.25) is 5.91 Å². The third-order valence-electron chi connectivity index (χ3n) is 5.56. The van der Waals surface area contributed by atoms with Crippen LogP contribution in [0.5, 0.6) is 5.75 Å². The number of sulfonamides is 1. The number of carbonyl (C=O) groups excluding carboxylic acids is 2. The molecule has 0 aliphatic heterocycles. The summed E-state index contributed by atoms with van der Waals surface area (Å²) in [7, 11) is -4.10. The largest absolute Gasteiger partial charge is 0.494 e. The van der Waals surface area contributed by atoms with Crippen LogP contribution in [0.25, 0.3) is 0 Å². The molecule has 0 spiro atoms. The zero-order valence-corrected chi connectivity index (χ0v) is 23.3. The highest BCUT2D eigenvalue weighted by Gasteiger charge is 2.28. The van der Waals surface area contributed by atoms with Crippen molar-refractivity contribution in [2.24, 2.45) is 0 Å². The van der Waals surface area contributed by atoms with E-state index in [1.807, 2.05) is 20.8 Å². The number of benzene rings is 3. The lowest BCUT2D eigenvalue weighted by atomic mass is 10.1. The van der Waals surface area contributed by atoms with Crippen LogP contribution in [0.15, 0.2) is 82.2 Å². The first kappa shape index (κ1) is 28.2. The summed E-state index contributed by atoms with van der Waals surface area (Å²) in [6.07, 6.45) is 0.755. The quantitative estimate of drug-likeness (QED) is 0.320. The van der Waals surface area contributed by atoms with Crippen LogP contribution in [-0.4, -0.2) is 39.4 Å². The van der Waals surface area contributed by atoms with Crippen LogP contribution in [0.3, 0.4) is 0 Å². The van der Waals surface area contributed by atoms with E-state index in [1.165, 1.54) is 12.1 Å². The monoisotopic (exact) mass is 587 g/mol. The predicted octanol–water partition coefficient (Wildman–Crippen LogP) is 5.21. The van der Waals surface area contributed by atoms with Gasteiger partial charge in [0, 0.05) is 10.5 Å². The summed E-state index contributed by atoms with van der Waals surface area (Å²) < 4.78 is 34.4. The Morgan fingerprint density at radius 3 is 2.24 bits per heavy atom. The third-order valence-corrected chi connectivity index (χ3v) is 7.88. The van der Waals surface area contributed by atoms with Crippen molar-refractivity contribution in [1.82, 2.24) is 5.32 Å². The number of ether oxygens (including phenoxy) is 1. The highest BCUT2D eigenvalue weighted by Crippen LogP contribution is 2.27. The van der Waals surface area contributed by atoms with E-state index in [-0.39, 0.29) is 16.8 Å². The van der Waals surface area contributed by atoms with E-state index in [4.69, 9.17) is 4.74 Å². The number of nitrogens with one attached hydrogen (secondary N) is 2. The first-order valence-corrected chi connectivity index (χ1v) is 14.1. The van der Waals surface area contributed by atoms with Gasteiger partial charge in [0.05, 0.1) is 28.4 Å². The van der Waals surface area contributed by atoms with E-state index in [9.17, 15) is 18.0 Å². The molecule has 3 aromatic rings. The minimum Gasteiger partial charge on any atom is -0.494 e. The normalized spacial score (nSPS) is 11.9. The molecular weight excluding hydrogens is 558 g/mol. The second-order valence-electron chi connectivity index (χ2n) is 8.27. The summed E-state index contributed by atoms with van der Waals surface area (Å²) in [6, 6.07) is 19.2. The molecule has 3 aromatic carbocycles. The van der Waals surface area contributed by atoms with Crippen molar-refractivity contribution >= 4 is 49.1 Å². The van der Waals surface area contributed by atoms with E-state index >= 15 is 0 Å². The average Bonchev–Trinajstić information content (AvgIpc) is 2.88. The van der Waals surface area contributed by atoms with Gasteiger partial charge in [-0.05, 0) is 80.9 Å². The highest BCUT2D eigenvalue weighted by molar-refractivity contribution is 9.10. The minimum atomic E-state index is -4.10. The van der Waals surface area contributed by atoms with Crippen molar-refractivity contribution in [3.8, 4) is 5.75 Å². The van der Waals surface area contributed by atoms with Crippen molar-refractivity contribution in [2.75, 3.05) is 22.8 Å². The van der Waals surface area contributed by atoms with Crippen molar-refractivity contribution in [2.45, 2.75) is 38.1 Å². The standard InChI is InChI=1S/C27H30BrN3O5S/c1-4-19(3)29-27(33)24-8-6-7-9-25(24)30-26(32)18-31(21-12-14-22(15-13-21)36-5-2)37(34,35)23-16-10-20(28)11-17-23/h6-17,19H,4-5,18H2,1-3H3,(H,29,33)(H,30,32)/t19-/m0/s1. The van der Waals surface area contributed by atoms with Gasteiger partial charge in [-0.15, -0.1) is 0 Å². The van der Waals surface area contributed by atoms with E-state index < -0.39 is 22.5 Å². The highest BCUT2D eigenvalue weighted by atomic mass is 79.9. The molecule has 37 heavy (non-hydrogen) atoms. The number of hydrogen-bond donors (Lipinski definition) is 2. The smallest absolute Gasteiger partial charge is 0.264 e. The first-order valence-electron chi connectivity index (χ1n) is 11.9. The number of carbonyl (C=O) groups is 2. The molecule has 1 atom stereocenters. The molecule has 0 aliphatic rings. The number of hydrogen-bond acceptors (Lipinski definition) is 5. The zero-order valence-electron chi connectivity index (χ0n) is 20.9. The maximum Gasteiger partial charge on any atom is 0.264 e. The maximum atomic E-state index is 13.6. The van der Waals surface area contributed by atoms with Gasteiger partial charge in [-0.1, -0.05) is 35.0 Å². The molecule has 8 nitrogen and oxygen atoms in total. The zero-order chi connectivity index (χ0) is 27.0. The summed E-state index contributed by atoms with van der Waals surface area (Å²) in [5, 5.41) is 5.59. The molecule has 3 rings (SSSR count). The number of halogens is 1. The van der Waals surface area contributed by atoms with E-state index in [2.05, 4.69) is 26.6 Å². The van der Waals surface area contributed by atoms with Crippen molar-refractivity contribution in [3.63, 3.8) is 0 Å². The van der Waals surface area contributed by atoms with Crippen molar-refractivity contribution in [1.29, 1.82) is 0 Å². The average molecular weight is 589 g/mol. The Balaban J connectivity index is 1.91. The fraction of sp³-hybridized carbons (Fsp3) is 0.259. The van der Waals surface area contributed by atoms with Crippen molar-refractivity contribution < 1.29 is 22.7 Å². The summed E-state index contributed by atoms with van der Waals surface area (Å²) in [5.74, 6) is -0.340. The van der Waals surface area contributed by atoms with Gasteiger partial charge in [0.25, 0.3) is 15.9 Å². The van der Waals surface area contributed by atoms with Crippen LogP contribution in [0.4, 0.5) is 11.4 Å². The van der Waals surface area contributed by atoms with Crippen LogP contribution in [0, 0.1) is 0 Å².